The monoisotopic (exact) mass is 305 g/mol. The molecule has 7 heteroatoms. The van der Waals surface area contributed by atoms with Crippen molar-refractivity contribution < 1.29 is 9.59 Å². The third-order valence-electron chi connectivity index (χ3n) is 4.70. The van der Waals surface area contributed by atoms with Gasteiger partial charge < -0.3 is 15.5 Å². The first kappa shape index (κ1) is 14.9. The number of rotatable bonds is 3. The number of nitrogens with one attached hydrogen (secondary N) is 2. The molecule has 0 aliphatic carbocycles. The summed E-state index contributed by atoms with van der Waals surface area (Å²) in [5.74, 6) is 0.144. The normalized spacial score (nSPS) is 21.7. The zero-order valence-corrected chi connectivity index (χ0v) is 12.9. The molecular weight excluding hydrogens is 282 g/mol. The van der Waals surface area contributed by atoms with Crippen LogP contribution in [0.1, 0.15) is 26.2 Å². The lowest BCUT2D eigenvalue weighted by Crippen LogP contribution is -2.50. The molecule has 0 aromatic carbocycles. The van der Waals surface area contributed by atoms with Gasteiger partial charge in [-0.05, 0) is 31.2 Å². The second-order valence-corrected chi connectivity index (χ2v) is 6.52. The summed E-state index contributed by atoms with van der Waals surface area (Å²) in [5.41, 5.74) is 0.0779. The van der Waals surface area contributed by atoms with Crippen molar-refractivity contribution in [3.8, 4) is 0 Å². The molecule has 1 aromatic heterocycles. The van der Waals surface area contributed by atoms with E-state index >= 15 is 0 Å². The highest BCUT2D eigenvalue weighted by molar-refractivity contribution is 5.79. The lowest BCUT2D eigenvalue weighted by molar-refractivity contribution is -0.119. The fourth-order valence-electron chi connectivity index (χ4n) is 3.33. The van der Waals surface area contributed by atoms with Gasteiger partial charge in [0.05, 0.1) is 6.54 Å². The van der Waals surface area contributed by atoms with Gasteiger partial charge in [0.25, 0.3) is 0 Å². The number of aromatic nitrogens is 2. The Labute approximate surface area is 130 Å². The van der Waals surface area contributed by atoms with Gasteiger partial charge in [-0.25, -0.2) is 4.79 Å². The molecule has 0 bridgehead atoms. The van der Waals surface area contributed by atoms with E-state index in [-0.39, 0.29) is 23.4 Å². The van der Waals surface area contributed by atoms with Crippen molar-refractivity contribution in [3.63, 3.8) is 0 Å². The number of amides is 3. The molecule has 3 amide bonds. The Bertz CT molecular complexity index is 534. The van der Waals surface area contributed by atoms with Crippen molar-refractivity contribution in [2.24, 2.45) is 5.41 Å². The van der Waals surface area contributed by atoms with Gasteiger partial charge >= 0.3 is 6.03 Å². The number of likely N-dealkylation sites (tertiary alicyclic amines) is 1. The van der Waals surface area contributed by atoms with Crippen LogP contribution in [0.4, 0.5) is 4.79 Å². The van der Waals surface area contributed by atoms with E-state index in [0.29, 0.717) is 13.0 Å². The van der Waals surface area contributed by atoms with Crippen LogP contribution in [0.5, 0.6) is 0 Å². The number of nitrogens with zero attached hydrogens (tertiary/aromatic N) is 3. The van der Waals surface area contributed by atoms with E-state index in [1.165, 1.54) is 0 Å². The summed E-state index contributed by atoms with van der Waals surface area (Å²) < 4.78 is 1.81. The zero-order valence-electron chi connectivity index (χ0n) is 12.9. The maximum absolute atomic E-state index is 12.3. The standard InChI is InChI=1S/C15H23N5O2/c1-12(10-20-6-2-5-17-20)18-14(22)19-7-3-15(4-8-19)9-13(21)16-11-15/h2,5-6,12H,3-4,7-11H2,1H3,(H,16,21)(H,18,22)/t12-/m0/s1. The molecule has 3 rings (SSSR count). The van der Waals surface area contributed by atoms with E-state index in [1.54, 1.807) is 6.20 Å². The topological polar surface area (TPSA) is 79.3 Å². The summed E-state index contributed by atoms with van der Waals surface area (Å²) in [6.45, 7) is 4.83. The van der Waals surface area contributed by atoms with Crippen LogP contribution in [0.15, 0.2) is 18.5 Å². The van der Waals surface area contributed by atoms with E-state index < -0.39 is 0 Å². The van der Waals surface area contributed by atoms with Gasteiger partial charge in [0.1, 0.15) is 0 Å². The summed E-state index contributed by atoms with van der Waals surface area (Å²) in [4.78, 5) is 25.6. The molecule has 120 valence electrons. The van der Waals surface area contributed by atoms with E-state index in [1.807, 2.05) is 28.8 Å². The van der Waals surface area contributed by atoms with Crippen LogP contribution in [0, 0.1) is 5.41 Å². The third-order valence-corrected chi connectivity index (χ3v) is 4.70. The summed E-state index contributed by atoms with van der Waals surface area (Å²) in [6.07, 6.45) is 6.02. The van der Waals surface area contributed by atoms with Crippen molar-refractivity contribution in [3.05, 3.63) is 18.5 Å². The summed E-state index contributed by atoms with van der Waals surface area (Å²) in [5, 5.41) is 10.1. The molecule has 3 heterocycles. The van der Waals surface area contributed by atoms with Crippen molar-refractivity contribution in [1.82, 2.24) is 25.3 Å². The Morgan fingerprint density at radius 1 is 1.50 bits per heavy atom. The van der Waals surface area contributed by atoms with Crippen molar-refractivity contribution in [2.45, 2.75) is 38.8 Å². The van der Waals surface area contributed by atoms with Gasteiger partial charge in [-0.1, -0.05) is 0 Å². The van der Waals surface area contributed by atoms with Gasteiger partial charge in [-0.15, -0.1) is 0 Å². The van der Waals surface area contributed by atoms with Crippen LogP contribution in [-0.4, -0.2) is 52.3 Å². The van der Waals surface area contributed by atoms with E-state index in [2.05, 4.69) is 15.7 Å². The molecule has 7 nitrogen and oxygen atoms in total. The molecular formula is C15H23N5O2. The van der Waals surface area contributed by atoms with Crippen LogP contribution in [0.2, 0.25) is 0 Å². The molecule has 22 heavy (non-hydrogen) atoms. The minimum Gasteiger partial charge on any atom is -0.356 e. The highest BCUT2D eigenvalue weighted by Gasteiger charge is 2.41. The smallest absolute Gasteiger partial charge is 0.317 e. The molecule has 1 atom stereocenters. The van der Waals surface area contributed by atoms with Gasteiger partial charge in [0, 0.05) is 44.5 Å². The Hall–Kier alpha value is -2.05. The number of piperidine rings is 1. The molecule has 2 aliphatic rings. The van der Waals surface area contributed by atoms with E-state index in [0.717, 1.165) is 32.5 Å². The maximum atomic E-state index is 12.3. The van der Waals surface area contributed by atoms with E-state index in [9.17, 15) is 9.59 Å². The van der Waals surface area contributed by atoms with Crippen LogP contribution >= 0.6 is 0 Å². The molecule has 0 unspecified atom stereocenters. The molecule has 2 N–H and O–H groups in total. The van der Waals surface area contributed by atoms with E-state index in [4.69, 9.17) is 0 Å². The predicted molar refractivity (Wildman–Crippen MR) is 81.1 cm³/mol. The van der Waals surface area contributed by atoms with Gasteiger partial charge in [0.2, 0.25) is 5.91 Å². The van der Waals surface area contributed by atoms with Crippen molar-refractivity contribution in [1.29, 1.82) is 0 Å². The number of hydrogen-bond acceptors (Lipinski definition) is 3. The minimum atomic E-state index is -0.0215. The molecule has 0 saturated carbocycles. The quantitative estimate of drug-likeness (QED) is 0.857. The van der Waals surface area contributed by atoms with Crippen molar-refractivity contribution in [2.75, 3.05) is 19.6 Å². The Morgan fingerprint density at radius 3 is 2.86 bits per heavy atom. The second-order valence-electron chi connectivity index (χ2n) is 6.52. The van der Waals surface area contributed by atoms with Gasteiger partial charge in [-0.3, -0.25) is 9.48 Å². The Balaban J connectivity index is 1.46. The lowest BCUT2D eigenvalue weighted by atomic mass is 9.78. The molecule has 1 aromatic rings. The first-order valence-electron chi connectivity index (χ1n) is 7.86. The maximum Gasteiger partial charge on any atom is 0.317 e. The van der Waals surface area contributed by atoms with Gasteiger partial charge in [-0.2, -0.15) is 5.10 Å². The average Bonchev–Trinajstić information content (AvgIpc) is 3.10. The highest BCUT2D eigenvalue weighted by atomic mass is 16.2. The SMILES string of the molecule is C[C@@H](Cn1cccn1)NC(=O)N1CCC2(CC1)CNC(=O)C2. The van der Waals surface area contributed by atoms with Crippen LogP contribution in [0.25, 0.3) is 0 Å². The number of carbonyl (C=O) groups is 2. The highest BCUT2D eigenvalue weighted by Crippen LogP contribution is 2.37. The first-order valence-corrected chi connectivity index (χ1v) is 7.86. The summed E-state index contributed by atoms with van der Waals surface area (Å²) >= 11 is 0. The van der Waals surface area contributed by atoms with Gasteiger partial charge in [0.15, 0.2) is 0 Å². The zero-order chi connectivity index (χ0) is 15.6. The summed E-state index contributed by atoms with van der Waals surface area (Å²) in [7, 11) is 0. The number of carbonyl (C=O) groups excluding carboxylic acids is 2. The van der Waals surface area contributed by atoms with Crippen LogP contribution in [0.3, 0.4) is 0 Å². The average molecular weight is 305 g/mol. The fraction of sp³-hybridized carbons (Fsp3) is 0.667. The largest absolute Gasteiger partial charge is 0.356 e. The van der Waals surface area contributed by atoms with Crippen molar-refractivity contribution >= 4 is 11.9 Å². The predicted octanol–water partition coefficient (Wildman–Crippen LogP) is 0.583. The Kier molecular flexibility index (Phi) is 4.04. The lowest BCUT2D eigenvalue weighted by Gasteiger charge is -2.38. The fourth-order valence-corrected chi connectivity index (χ4v) is 3.33. The minimum absolute atomic E-state index is 0.0215. The van der Waals surface area contributed by atoms with Crippen LogP contribution in [-0.2, 0) is 11.3 Å². The van der Waals surface area contributed by atoms with Crippen LogP contribution < -0.4 is 10.6 Å². The molecule has 0 radical (unpaired) electrons. The first-order chi connectivity index (χ1) is 10.6. The third kappa shape index (κ3) is 3.23. The Morgan fingerprint density at radius 2 is 2.27 bits per heavy atom. The second kappa shape index (κ2) is 5.98. The molecule has 1 spiro atoms. The number of hydrogen-bond donors (Lipinski definition) is 2. The summed E-state index contributed by atoms with van der Waals surface area (Å²) in [6, 6.07) is 1.88. The molecule has 2 fully saturated rings. The molecule has 2 saturated heterocycles. The number of urea groups is 1. The molecule has 2 aliphatic heterocycles.